The van der Waals surface area contributed by atoms with Gasteiger partial charge in [0.05, 0.1) is 11.5 Å². The lowest BCUT2D eigenvalue weighted by Gasteiger charge is -2.45. The van der Waals surface area contributed by atoms with Crippen molar-refractivity contribution in [2.75, 3.05) is 7.11 Å². The molecule has 36 heavy (non-hydrogen) atoms. The summed E-state index contributed by atoms with van der Waals surface area (Å²) in [6.45, 7) is 6.21. The smallest absolute Gasteiger partial charge is 0.256 e. The highest BCUT2D eigenvalue weighted by atomic mass is 28.3. The lowest BCUT2D eigenvalue weighted by Crippen LogP contribution is -2.64. The summed E-state index contributed by atoms with van der Waals surface area (Å²) in [6.07, 6.45) is 0.0421. The van der Waals surface area contributed by atoms with Gasteiger partial charge in [-0.15, -0.1) is 5.54 Å². The number of carbonyl (C=O) groups excluding carboxylic acids is 3. The van der Waals surface area contributed by atoms with Gasteiger partial charge in [0.15, 0.2) is 11.4 Å². The zero-order chi connectivity index (χ0) is 26.7. The highest BCUT2D eigenvalue weighted by Gasteiger charge is 2.64. The van der Waals surface area contributed by atoms with E-state index < -0.39 is 60.1 Å². The third-order valence-electron chi connectivity index (χ3n) is 6.65. The van der Waals surface area contributed by atoms with Crippen LogP contribution in [0.3, 0.4) is 0 Å². The van der Waals surface area contributed by atoms with E-state index in [2.05, 4.69) is 36.3 Å². The molecule has 1 aromatic rings. The standard InChI is InChI=1S/C25H26N2O8Si/c1-35-27-19-14-10-12-9-13-11(7-8-36(2,3)4)5-6-15(28)17(13)20(29)16(12)22(31)25(14,34)23(32)18(21(19)30)24(26)33/h5-6,12,14,28-30,34H,9-10H2,1-4H3,(H2,26,33)/b27-19-/t12-,14-,25-/m0/s1. The van der Waals surface area contributed by atoms with Crippen LogP contribution >= 0.6 is 0 Å². The van der Waals surface area contributed by atoms with E-state index in [4.69, 9.17) is 10.6 Å². The summed E-state index contributed by atoms with van der Waals surface area (Å²) in [4.78, 5) is 43.5. The Labute approximate surface area is 207 Å². The number of allylic oxidation sites excluding steroid dienone is 1. The number of nitrogens with zero attached hydrogens (tertiary/aromatic N) is 1. The first-order valence-corrected chi connectivity index (χ1v) is 14.7. The first-order valence-electron chi connectivity index (χ1n) is 11.2. The molecule has 1 amide bonds. The van der Waals surface area contributed by atoms with Crippen LogP contribution in [0.4, 0.5) is 0 Å². The number of aliphatic hydroxyl groups excluding tert-OH is 2. The topological polar surface area (TPSA) is 180 Å². The van der Waals surface area contributed by atoms with E-state index in [1.165, 1.54) is 6.07 Å². The summed E-state index contributed by atoms with van der Waals surface area (Å²) < 4.78 is 0. The summed E-state index contributed by atoms with van der Waals surface area (Å²) >= 11 is 0. The molecule has 0 radical (unpaired) electrons. The number of phenols is 1. The molecule has 0 spiro atoms. The molecule has 4 rings (SSSR count). The number of ketones is 2. The van der Waals surface area contributed by atoms with E-state index in [1.54, 1.807) is 6.07 Å². The molecule has 1 aromatic carbocycles. The Balaban J connectivity index is 1.95. The number of carbonyl (C=O) groups is 3. The van der Waals surface area contributed by atoms with Crippen molar-refractivity contribution in [2.45, 2.75) is 38.1 Å². The van der Waals surface area contributed by atoms with Crippen molar-refractivity contribution in [2.24, 2.45) is 22.7 Å². The third-order valence-corrected chi connectivity index (χ3v) is 7.52. The van der Waals surface area contributed by atoms with Crippen LogP contribution in [0, 0.1) is 23.3 Å². The van der Waals surface area contributed by atoms with Gasteiger partial charge >= 0.3 is 0 Å². The van der Waals surface area contributed by atoms with Gasteiger partial charge in [-0.1, -0.05) is 30.7 Å². The molecule has 11 heteroatoms. The van der Waals surface area contributed by atoms with Crippen LogP contribution in [-0.4, -0.2) is 64.4 Å². The number of aromatic hydroxyl groups is 1. The number of aliphatic hydroxyl groups is 3. The number of amides is 1. The normalized spacial score (nSPS) is 26.6. The summed E-state index contributed by atoms with van der Waals surface area (Å²) in [5.74, 6) is -4.62. The molecule has 0 saturated heterocycles. The molecule has 0 aromatic heterocycles. The number of rotatable bonds is 2. The predicted octanol–water partition coefficient (Wildman–Crippen LogP) is 1.27. The van der Waals surface area contributed by atoms with E-state index in [-0.39, 0.29) is 35.4 Å². The Kier molecular flexibility index (Phi) is 5.85. The van der Waals surface area contributed by atoms with Crippen molar-refractivity contribution in [1.29, 1.82) is 0 Å². The average molecular weight is 511 g/mol. The zero-order valence-electron chi connectivity index (χ0n) is 20.2. The Morgan fingerprint density at radius 2 is 1.83 bits per heavy atom. The van der Waals surface area contributed by atoms with Crippen molar-refractivity contribution < 1.29 is 39.6 Å². The minimum atomic E-state index is -2.86. The predicted molar refractivity (Wildman–Crippen MR) is 131 cm³/mol. The fourth-order valence-corrected chi connectivity index (χ4v) is 5.58. The number of hydrogen-bond acceptors (Lipinski definition) is 9. The maximum atomic E-state index is 13.7. The molecular formula is C25H26N2O8Si. The van der Waals surface area contributed by atoms with Crippen LogP contribution in [0.25, 0.3) is 5.76 Å². The van der Waals surface area contributed by atoms with E-state index in [0.29, 0.717) is 11.1 Å². The van der Waals surface area contributed by atoms with Crippen molar-refractivity contribution in [3.05, 3.63) is 45.7 Å². The monoisotopic (exact) mass is 510 g/mol. The second kappa shape index (κ2) is 8.36. The Morgan fingerprint density at radius 1 is 1.17 bits per heavy atom. The van der Waals surface area contributed by atoms with Crippen molar-refractivity contribution in [3.63, 3.8) is 0 Å². The number of fused-ring (bicyclic) bond motifs is 3. The van der Waals surface area contributed by atoms with Crippen LogP contribution < -0.4 is 5.73 Å². The average Bonchev–Trinajstić information content (AvgIpc) is 2.77. The maximum Gasteiger partial charge on any atom is 0.256 e. The Hall–Kier alpha value is -3.88. The van der Waals surface area contributed by atoms with Crippen LogP contribution in [0.15, 0.2) is 34.2 Å². The van der Waals surface area contributed by atoms with Crippen molar-refractivity contribution in [1.82, 2.24) is 0 Å². The largest absolute Gasteiger partial charge is 0.507 e. The lowest BCUT2D eigenvalue weighted by molar-refractivity contribution is -0.153. The van der Waals surface area contributed by atoms with E-state index in [9.17, 15) is 34.8 Å². The summed E-state index contributed by atoms with van der Waals surface area (Å²) in [7, 11) is -0.610. The van der Waals surface area contributed by atoms with Gasteiger partial charge in [-0.2, -0.15) is 0 Å². The number of Topliss-reactive ketones (excluding diaryl/α,β-unsaturated/α-hetero) is 2. The highest BCUT2D eigenvalue weighted by Crippen LogP contribution is 2.50. The van der Waals surface area contributed by atoms with Crippen LogP contribution in [0.2, 0.25) is 19.6 Å². The molecule has 3 aliphatic rings. The highest BCUT2D eigenvalue weighted by molar-refractivity contribution is 6.83. The summed E-state index contributed by atoms with van der Waals surface area (Å²) in [5, 5.41) is 47.5. The van der Waals surface area contributed by atoms with E-state index >= 15 is 0 Å². The number of primary amides is 1. The second-order valence-corrected chi connectivity index (χ2v) is 14.9. The van der Waals surface area contributed by atoms with Gasteiger partial charge in [0.25, 0.3) is 5.91 Å². The molecule has 3 aliphatic carbocycles. The number of hydrogen-bond donors (Lipinski definition) is 5. The van der Waals surface area contributed by atoms with Crippen LogP contribution in [-0.2, 0) is 25.6 Å². The molecule has 0 aliphatic heterocycles. The molecule has 0 unspecified atom stereocenters. The van der Waals surface area contributed by atoms with Gasteiger partial charge in [0.2, 0.25) is 11.6 Å². The number of benzene rings is 1. The first kappa shape index (κ1) is 25.2. The number of oxime groups is 1. The van der Waals surface area contributed by atoms with Gasteiger partial charge in [-0.3, -0.25) is 14.4 Å². The first-order chi connectivity index (χ1) is 16.7. The zero-order valence-corrected chi connectivity index (χ0v) is 21.2. The lowest BCUT2D eigenvalue weighted by atomic mass is 9.58. The second-order valence-electron chi connectivity index (χ2n) is 10.1. The molecule has 10 nitrogen and oxygen atoms in total. The van der Waals surface area contributed by atoms with Crippen molar-refractivity contribution >= 4 is 37.0 Å². The fourth-order valence-electron chi connectivity index (χ4n) is 5.07. The molecule has 1 saturated carbocycles. The van der Waals surface area contributed by atoms with Crippen LogP contribution in [0.5, 0.6) is 5.75 Å². The van der Waals surface area contributed by atoms with Gasteiger partial charge < -0.3 is 31.0 Å². The minimum Gasteiger partial charge on any atom is -0.507 e. The molecule has 3 atom stereocenters. The third kappa shape index (κ3) is 3.61. The maximum absolute atomic E-state index is 13.7. The minimum absolute atomic E-state index is 0.00146. The van der Waals surface area contributed by atoms with Gasteiger partial charge in [0, 0.05) is 11.1 Å². The summed E-state index contributed by atoms with van der Waals surface area (Å²) in [6, 6.07) is 2.99. The summed E-state index contributed by atoms with van der Waals surface area (Å²) in [5.41, 5.74) is 5.11. The molecule has 1 fully saturated rings. The van der Waals surface area contributed by atoms with Gasteiger partial charge in [-0.05, 0) is 36.5 Å². The number of phenolic OH excluding ortho intramolecular Hbond substituents is 1. The SMILES string of the molecule is CO/N=C1\C(O)=C(C(N)=O)C(=O)[C@@]2(O)C(=O)C3=C(O)c4c(O)ccc(C#C[Si](C)(C)C)c4C[C@H]3C[C@@H]12. The molecular weight excluding hydrogens is 484 g/mol. The number of nitrogens with two attached hydrogens (primary N) is 1. The van der Waals surface area contributed by atoms with Gasteiger partial charge in [0.1, 0.15) is 38.0 Å². The molecule has 0 bridgehead atoms. The molecule has 188 valence electrons. The van der Waals surface area contributed by atoms with Crippen molar-refractivity contribution in [3.8, 4) is 17.2 Å². The Bertz CT molecular complexity index is 1390. The molecule has 6 N–H and O–H groups in total. The van der Waals surface area contributed by atoms with Gasteiger partial charge in [-0.25, -0.2) is 0 Å². The fraction of sp³-hybridized carbons (Fsp3) is 0.360. The quantitative estimate of drug-likeness (QED) is 0.130. The van der Waals surface area contributed by atoms with Crippen LogP contribution in [0.1, 0.15) is 23.1 Å². The Morgan fingerprint density at radius 3 is 2.42 bits per heavy atom. The van der Waals surface area contributed by atoms with E-state index in [0.717, 1.165) is 7.11 Å². The van der Waals surface area contributed by atoms with E-state index in [1.807, 2.05) is 0 Å². The molecule has 0 heterocycles.